The zero-order chi connectivity index (χ0) is 59.6. The van der Waals surface area contributed by atoms with Crippen molar-refractivity contribution in [1.82, 2.24) is 5.32 Å². The maximum atomic E-state index is 13.5. The number of hydrogen-bond donors (Lipinski definition) is 6. The monoisotopic (exact) mass is 1150 g/mol. The lowest BCUT2D eigenvalue weighted by atomic mass is 9.99. The molecule has 0 saturated carbocycles. The Kier molecular flexibility index (Phi) is 55.0. The number of aliphatic hydroxyl groups excluding tert-OH is 5. The van der Waals surface area contributed by atoms with Crippen LogP contribution in [-0.2, 0) is 23.8 Å². The Morgan fingerprint density at radius 2 is 0.878 bits per heavy atom. The van der Waals surface area contributed by atoms with E-state index in [1.807, 2.05) is 6.08 Å². The molecule has 82 heavy (non-hydrogen) atoms. The van der Waals surface area contributed by atoms with Gasteiger partial charge in [-0.2, -0.15) is 0 Å². The Labute approximate surface area is 502 Å². The molecule has 476 valence electrons. The Bertz CT molecular complexity index is 1610. The van der Waals surface area contributed by atoms with E-state index in [9.17, 15) is 35.1 Å². The van der Waals surface area contributed by atoms with Gasteiger partial charge in [0.05, 0.1) is 25.4 Å². The van der Waals surface area contributed by atoms with Gasteiger partial charge in [0.1, 0.15) is 24.4 Å². The summed E-state index contributed by atoms with van der Waals surface area (Å²) in [6.07, 6.45) is 65.0. The number of amides is 1. The number of rotatable bonds is 58. The highest BCUT2D eigenvalue weighted by Crippen LogP contribution is 2.26. The first-order chi connectivity index (χ1) is 40.2. The van der Waals surface area contributed by atoms with Crippen molar-refractivity contribution in [3.05, 3.63) is 72.9 Å². The topological polar surface area (TPSA) is 175 Å². The molecular weight excluding hydrogens is 1030 g/mol. The molecule has 0 bridgehead atoms. The quantitative estimate of drug-likeness (QED) is 0.0195. The van der Waals surface area contributed by atoms with Gasteiger partial charge in [0, 0.05) is 6.42 Å². The van der Waals surface area contributed by atoms with E-state index in [2.05, 4.69) is 86.8 Å². The summed E-state index contributed by atoms with van der Waals surface area (Å²) in [5.41, 5.74) is 0. The molecule has 1 amide bonds. The van der Waals surface area contributed by atoms with Crippen molar-refractivity contribution < 1.29 is 49.3 Å². The Morgan fingerprint density at radius 3 is 1.32 bits per heavy atom. The summed E-state index contributed by atoms with van der Waals surface area (Å²) in [6.45, 7) is 5.70. The molecule has 0 aliphatic carbocycles. The van der Waals surface area contributed by atoms with Gasteiger partial charge >= 0.3 is 5.97 Å². The zero-order valence-corrected chi connectivity index (χ0v) is 52.9. The Morgan fingerprint density at radius 1 is 0.488 bits per heavy atom. The number of hydrogen-bond acceptors (Lipinski definition) is 10. The van der Waals surface area contributed by atoms with Crippen LogP contribution in [0.4, 0.5) is 0 Å². The number of aliphatic hydroxyl groups is 5. The molecule has 6 N–H and O–H groups in total. The van der Waals surface area contributed by atoms with Crippen molar-refractivity contribution in [2.75, 3.05) is 13.2 Å². The number of esters is 1. The highest BCUT2D eigenvalue weighted by atomic mass is 16.7. The molecular formula is C71H127NO10. The SMILES string of the molecule is CC/C=C\C/C=C\C/C=C\C/C=C\C/C=C\CCCCCCCCCC(=O)OC1C(OCC(NC(=O)C(O)CCCCCCCCCCCCCCCCCCCC)C(O)/C=C/CCCCCCCCCCCC)OC(CO)C(O)C1O. The second-order valence-electron chi connectivity index (χ2n) is 23.5. The van der Waals surface area contributed by atoms with Gasteiger partial charge in [-0.3, -0.25) is 9.59 Å². The van der Waals surface area contributed by atoms with Crippen molar-refractivity contribution in [3.8, 4) is 0 Å². The predicted molar refractivity (Wildman–Crippen MR) is 343 cm³/mol. The second-order valence-corrected chi connectivity index (χ2v) is 23.5. The first-order valence-corrected chi connectivity index (χ1v) is 34.2. The van der Waals surface area contributed by atoms with Crippen LogP contribution in [0.15, 0.2) is 72.9 Å². The number of nitrogens with one attached hydrogen (secondary N) is 1. The van der Waals surface area contributed by atoms with Crippen molar-refractivity contribution in [2.24, 2.45) is 0 Å². The van der Waals surface area contributed by atoms with Crippen LogP contribution in [0.3, 0.4) is 0 Å². The van der Waals surface area contributed by atoms with Crippen LogP contribution in [0.2, 0.25) is 0 Å². The van der Waals surface area contributed by atoms with E-state index in [-0.39, 0.29) is 13.0 Å². The lowest BCUT2D eigenvalue weighted by Crippen LogP contribution is -2.61. The number of carbonyl (C=O) groups excluding carboxylic acids is 2. The van der Waals surface area contributed by atoms with Crippen LogP contribution >= 0.6 is 0 Å². The fourth-order valence-corrected chi connectivity index (χ4v) is 10.5. The molecule has 1 aliphatic rings. The van der Waals surface area contributed by atoms with Gasteiger partial charge in [-0.15, -0.1) is 0 Å². The zero-order valence-electron chi connectivity index (χ0n) is 52.9. The first-order valence-electron chi connectivity index (χ1n) is 34.2. The first kappa shape index (κ1) is 77.1. The fourth-order valence-electron chi connectivity index (χ4n) is 10.5. The summed E-state index contributed by atoms with van der Waals surface area (Å²) in [4.78, 5) is 26.6. The number of allylic oxidation sites excluding steroid dienone is 11. The lowest BCUT2D eigenvalue weighted by molar-refractivity contribution is -0.305. The van der Waals surface area contributed by atoms with E-state index >= 15 is 0 Å². The molecule has 0 aromatic carbocycles. The normalized spacial score (nSPS) is 19.0. The van der Waals surface area contributed by atoms with Crippen molar-refractivity contribution >= 4 is 11.9 Å². The van der Waals surface area contributed by atoms with Crippen molar-refractivity contribution in [2.45, 2.75) is 352 Å². The third kappa shape index (κ3) is 45.5. The standard InChI is InChI=1S/C71H127NO10/c1-4-7-10-13-16-19-22-25-27-29-31-32-33-34-35-37-39-41-44-47-50-53-56-59-66(76)82-69-68(78)67(77)65(60-73)81-71(69)80-61-62(63(74)57-54-51-48-45-42-24-21-18-15-12-9-6-3)72-70(79)64(75)58-55-52-49-46-43-40-38-36-30-28-26-23-20-17-14-11-8-5-2/h7,10,16,19,25,27,31-32,34-35,54,57,62-65,67-69,71,73-75,77-78H,4-6,8-9,11-15,17-18,20-24,26,28-30,33,36-53,55-56,58-61H2,1-3H3,(H,72,79)/b10-7-,19-16-,27-25-,32-31-,35-34-,57-54+. The maximum absolute atomic E-state index is 13.5. The third-order valence-corrected chi connectivity index (χ3v) is 15.9. The van der Waals surface area contributed by atoms with Gasteiger partial charge in [-0.25, -0.2) is 0 Å². The van der Waals surface area contributed by atoms with Gasteiger partial charge in [-0.1, -0.05) is 299 Å². The molecule has 1 fully saturated rings. The summed E-state index contributed by atoms with van der Waals surface area (Å²) in [5, 5.41) is 57.2. The van der Waals surface area contributed by atoms with Gasteiger partial charge < -0.3 is 45.1 Å². The molecule has 8 atom stereocenters. The van der Waals surface area contributed by atoms with Crippen LogP contribution in [0.5, 0.6) is 0 Å². The average Bonchev–Trinajstić information content (AvgIpc) is 3.44. The van der Waals surface area contributed by atoms with Crippen LogP contribution in [0, 0.1) is 0 Å². The van der Waals surface area contributed by atoms with Gasteiger partial charge in [-0.05, 0) is 70.6 Å². The van der Waals surface area contributed by atoms with E-state index in [1.165, 1.54) is 141 Å². The highest BCUT2D eigenvalue weighted by Gasteiger charge is 2.47. The van der Waals surface area contributed by atoms with E-state index in [0.717, 1.165) is 116 Å². The highest BCUT2D eigenvalue weighted by molar-refractivity contribution is 5.80. The molecule has 1 saturated heterocycles. The third-order valence-electron chi connectivity index (χ3n) is 15.9. The summed E-state index contributed by atoms with van der Waals surface area (Å²) in [7, 11) is 0. The molecule has 8 unspecified atom stereocenters. The molecule has 11 nitrogen and oxygen atoms in total. The minimum absolute atomic E-state index is 0.109. The van der Waals surface area contributed by atoms with Crippen LogP contribution in [-0.4, -0.2) is 99.6 Å². The van der Waals surface area contributed by atoms with Gasteiger partial charge in [0.25, 0.3) is 0 Å². The molecule has 11 heteroatoms. The number of carbonyl (C=O) groups is 2. The molecule has 1 heterocycles. The van der Waals surface area contributed by atoms with Crippen LogP contribution < -0.4 is 5.32 Å². The minimum atomic E-state index is -1.62. The van der Waals surface area contributed by atoms with Crippen molar-refractivity contribution in [1.29, 1.82) is 0 Å². The molecule has 0 aromatic heterocycles. The van der Waals surface area contributed by atoms with Crippen LogP contribution in [0.25, 0.3) is 0 Å². The van der Waals surface area contributed by atoms with E-state index < -0.39 is 67.4 Å². The van der Waals surface area contributed by atoms with Gasteiger partial charge in [0.15, 0.2) is 12.4 Å². The minimum Gasteiger partial charge on any atom is -0.454 e. The number of ether oxygens (including phenoxy) is 3. The lowest BCUT2D eigenvalue weighted by Gasteiger charge is -2.41. The fraction of sp³-hybridized carbons (Fsp3) is 0.803. The van der Waals surface area contributed by atoms with E-state index in [0.29, 0.717) is 19.3 Å². The maximum Gasteiger partial charge on any atom is 0.306 e. The largest absolute Gasteiger partial charge is 0.454 e. The molecule has 1 aliphatic heterocycles. The molecule has 1 rings (SSSR count). The van der Waals surface area contributed by atoms with E-state index in [4.69, 9.17) is 14.2 Å². The summed E-state index contributed by atoms with van der Waals surface area (Å²) in [5.74, 6) is -1.20. The smallest absolute Gasteiger partial charge is 0.306 e. The Hall–Kier alpha value is -2.90. The average molecular weight is 1150 g/mol. The summed E-state index contributed by atoms with van der Waals surface area (Å²) < 4.78 is 17.7. The molecule has 0 aromatic rings. The predicted octanol–water partition coefficient (Wildman–Crippen LogP) is 17.1. The molecule has 0 radical (unpaired) electrons. The Balaban J connectivity index is 2.61. The van der Waals surface area contributed by atoms with Crippen LogP contribution in [0.1, 0.15) is 303 Å². The molecule has 0 spiro atoms. The van der Waals surface area contributed by atoms with Gasteiger partial charge in [0.2, 0.25) is 5.91 Å². The summed E-state index contributed by atoms with van der Waals surface area (Å²) in [6, 6.07) is -1.03. The summed E-state index contributed by atoms with van der Waals surface area (Å²) >= 11 is 0. The number of unbranched alkanes of at least 4 members (excludes halogenated alkanes) is 34. The second kappa shape index (κ2) is 58.5. The van der Waals surface area contributed by atoms with Crippen molar-refractivity contribution in [3.63, 3.8) is 0 Å². The van der Waals surface area contributed by atoms with E-state index in [1.54, 1.807) is 6.08 Å².